The van der Waals surface area contributed by atoms with Crippen LogP contribution in [0.4, 0.5) is 13.2 Å². The molecule has 0 atom stereocenters. The van der Waals surface area contributed by atoms with E-state index in [1.165, 1.54) is 4.68 Å². The highest BCUT2D eigenvalue weighted by molar-refractivity contribution is 7.99. The summed E-state index contributed by atoms with van der Waals surface area (Å²) in [5.74, 6) is -0.976. The zero-order valence-electron chi connectivity index (χ0n) is 9.37. The molecule has 0 bridgehead atoms. The third-order valence-electron chi connectivity index (χ3n) is 1.79. The van der Waals surface area contributed by atoms with Crippen LogP contribution in [-0.4, -0.2) is 45.2 Å². The van der Waals surface area contributed by atoms with E-state index in [2.05, 4.69) is 20.8 Å². The molecule has 9 heteroatoms. The van der Waals surface area contributed by atoms with Gasteiger partial charge in [0.1, 0.15) is 0 Å². The van der Waals surface area contributed by atoms with Crippen LogP contribution in [0.2, 0.25) is 0 Å². The first-order chi connectivity index (χ1) is 8.03. The minimum Gasteiger partial charge on any atom is -0.315 e. The molecule has 1 rings (SSSR count). The largest absolute Gasteiger partial charge is 0.398 e. The normalized spacial score (nSPS) is 12.0. The molecule has 98 valence electrons. The number of nitrogens with zero attached hydrogens (tertiary/aromatic N) is 4. The van der Waals surface area contributed by atoms with Crippen LogP contribution in [0.5, 0.6) is 0 Å². The molecule has 0 spiro atoms. The summed E-state index contributed by atoms with van der Waals surface area (Å²) >= 11 is 0.599. The quantitative estimate of drug-likeness (QED) is 0.598. The summed E-state index contributed by atoms with van der Waals surface area (Å²) < 4.78 is 37.4. The Morgan fingerprint density at radius 3 is 2.76 bits per heavy atom. The Balaban J connectivity index is 2.37. The molecule has 0 amide bonds. The number of alkyl halides is 3. The molecule has 0 fully saturated rings. The van der Waals surface area contributed by atoms with Gasteiger partial charge in [-0.25, -0.2) is 4.68 Å². The second kappa shape index (κ2) is 6.80. The van der Waals surface area contributed by atoms with E-state index < -0.39 is 11.9 Å². The van der Waals surface area contributed by atoms with Gasteiger partial charge in [0.05, 0.1) is 12.3 Å². The molecule has 0 radical (unpaired) electrons. The van der Waals surface area contributed by atoms with Gasteiger partial charge >= 0.3 is 6.18 Å². The smallest absolute Gasteiger partial charge is 0.315 e. The molecule has 1 aromatic rings. The Kier molecular flexibility index (Phi) is 5.69. The Labute approximate surface area is 101 Å². The molecular weight excluding hydrogens is 255 g/mol. The molecule has 5 nitrogen and oxygen atoms in total. The summed E-state index contributed by atoms with van der Waals surface area (Å²) in [7, 11) is 0. The van der Waals surface area contributed by atoms with E-state index in [4.69, 9.17) is 0 Å². The molecule has 1 heterocycles. The van der Waals surface area contributed by atoms with Crippen LogP contribution in [0, 0.1) is 0 Å². The van der Waals surface area contributed by atoms with Gasteiger partial charge in [-0.05, 0) is 23.4 Å². The Morgan fingerprint density at radius 2 is 2.12 bits per heavy atom. The lowest BCUT2D eigenvalue weighted by Gasteiger charge is -2.06. The monoisotopic (exact) mass is 269 g/mol. The fourth-order valence-electron chi connectivity index (χ4n) is 1.07. The summed E-state index contributed by atoms with van der Waals surface area (Å²) in [4.78, 5) is 0. The molecule has 1 aromatic heterocycles. The van der Waals surface area contributed by atoms with Gasteiger partial charge in [-0.15, -0.1) is 5.10 Å². The number of thioether (sulfide) groups is 1. The maximum atomic E-state index is 12.0. The van der Waals surface area contributed by atoms with Crippen molar-refractivity contribution in [2.24, 2.45) is 0 Å². The molecule has 0 saturated heterocycles. The Bertz CT molecular complexity index is 327. The number of rotatable bonds is 7. The number of hydrogen-bond donors (Lipinski definition) is 1. The van der Waals surface area contributed by atoms with Gasteiger partial charge in [-0.1, -0.05) is 18.7 Å². The van der Waals surface area contributed by atoms with Crippen molar-refractivity contribution in [3.05, 3.63) is 0 Å². The van der Waals surface area contributed by atoms with E-state index in [0.717, 1.165) is 13.0 Å². The van der Waals surface area contributed by atoms with Gasteiger partial charge in [0.2, 0.25) is 5.16 Å². The van der Waals surface area contributed by atoms with Gasteiger partial charge in [0, 0.05) is 6.54 Å². The summed E-state index contributed by atoms with van der Waals surface area (Å²) in [6.45, 7) is 4.01. The lowest BCUT2D eigenvalue weighted by molar-refractivity contribution is -0.105. The van der Waals surface area contributed by atoms with Gasteiger partial charge in [0.15, 0.2) is 0 Å². The number of aromatic nitrogens is 4. The zero-order valence-corrected chi connectivity index (χ0v) is 10.2. The molecule has 0 aliphatic rings. The van der Waals surface area contributed by atoms with Gasteiger partial charge in [0.25, 0.3) is 0 Å². The lowest BCUT2D eigenvalue weighted by Crippen LogP contribution is -2.21. The van der Waals surface area contributed by atoms with Crippen LogP contribution in [0.15, 0.2) is 5.16 Å². The summed E-state index contributed by atoms with van der Waals surface area (Å²) in [5, 5.41) is 13.9. The number of halogens is 3. The van der Waals surface area contributed by atoms with Crippen LogP contribution < -0.4 is 5.32 Å². The molecule has 0 aromatic carbocycles. The van der Waals surface area contributed by atoms with Crippen LogP contribution in [0.25, 0.3) is 0 Å². The van der Waals surface area contributed by atoms with Crippen molar-refractivity contribution in [3.8, 4) is 0 Å². The van der Waals surface area contributed by atoms with E-state index in [9.17, 15) is 13.2 Å². The zero-order chi connectivity index (χ0) is 12.7. The first-order valence-electron chi connectivity index (χ1n) is 5.19. The first kappa shape index (κ1) is 14.2. The highest BCUT2D eigenvalue weighted by Crippen LogP contribution is 2.25. The van der Waals surface area contributed by atoms with Crippen LogP contribution in [-0.2, 0) is 6.54 Å². The average Bonchev–Trinajstić information content (AvgIpc) is 2.68. The van der Waals surface area contributed by atoms with Crippen molar-refractivity contribution in [1.29, 1.82) is 0 Å². The summed E-state index contributed by atoms with van der Waals surface area (Å²) in [6.07, 6.45) is -3.20. The van der Waals surface area contributed by atoms with Crippen molar-refractivity contribution < 1.29 is 13.2 Å². The molecule has 17 heavy (non-hydrogen) atoms. The molecule has 1 N–H and O–H groups in total. The van der Waals surface area contributed by atoms with Crippen LogP contribution in [0.3, 0.4) is 0 Å². The topological polar surface area (TPSA) is 55.6 Å². The van der Waals surface area contributed by atoms with Crippen molar-refractivity contribution in [2.45, 2.75) is 31.2 Å². The third kappa shape index (κ3) is 5.87. The number of hydrogen-bond acceptors (Lipinski definition) is 5. The highest BCUT2D eigenvalue weighted by atomic mass is 32.2. The van der Waals surface area contributed by atoms with E-state index in [1.807, 2.05) is 6.92 Å². The fraction of sp³-hybridized carbons (Fsp3) is 0.875. The van der Waals surface area contributed by atoms with Gasteiger partial charge < -0.3 is 5.32 Å². The molecule has 0 unspecified atom stereocenters. The highest BCUT2D eigenvalue weighted by Gasteiger charge is 2.28. The van der Waals surface area contributed by atoms with Crippen LogP contribution in [0.1, 0.15) is 13.3 Å². The summed E-state index contributed by atoms with van der Waals surface area (Å²) in [6, 6.07) is 0. The van der Waals surface area contributed by atoms with Crippen molar-refractivity contribution in [3.63, 3.8) is 0 Å². The van der Waals surface area contributed by atoms with Gasteiger partial charge in [-0.3, -0.25) is 0 Å². The lowest BCUT2D eigenvalue weighted by atomic mass is 10.5. The van der Waals surface area contributed by atoms with E-state index in [1.54, 1.807) is 0 Å². The van der Waals surface area contributed by atoms with Crippen molar-refractivity contribution in [2.75, 3.05) is 18.8 Å². The van der Waals surface area contributed by atoms with Gasteiger partial charge in [-0.2, -0.15) is 13.2 Å². The van der Waals surface area contributed by atoms with Crippen LogP contribution >= 0.6 is 11.8 Å². The standard InChI is InChI=1S/C8H14F3N5S/c1-2-3-12-4-5-16-7(13-14-15-16)17-6-8(9,10)11/h12H,2-6H2,1H3. The average molecular weight is 269 g/mol. The first-order valence-corrected chi connectivity index (χ1v) is 6.18. The Morgan fingerprint density at radius 1 is 1.35 bits per heavy atom. The Hall–Kier alpha value is -0.830. The number of nitrogens with one attached hydrogen (secondary N) is 1. The second-order valence-electron chi connectivity index (χ2n) is 3.34. The number of tetrazole rings is 1. The van der Waals surface area contributed by atoms with E-state index in [0.29, 0.717) is 24.9 Å². The van der Waals surface area contributed by atoms with E-state index in [-0.39, 0.29) is 5.16 Å². The van der Waals surface area contributed by atoms with E-state index >= 15 is 0 Å². The maximum absolute atomic E-state index is 12.0. The maximum Gasteiger partial charge on any atom is 0.398 e. The predicted molar refractivity (Wildman–Crippen MR) is 57.8 cm³/mol. The summed E-state index contributed by atoms with van der Waals surface area (Å²) in [5.41, 5.74) is 0. The SMILES string of the molecule is CCCNCCn1nnnc1SCC(F)(F)F. The molecular formula is C8H14F3N5S. The second-order valence-corrected chi connectivity index (χ2v) is 4.28. The molecule has 0 aliphatic carbocycles. The predicted octanol–water partition coefficient (Wildman–Crippen LogP) is 1.33. The molecule has 0 saturated carbocycles. The minimum atomic E-state index is -4.21. The fourth-order valence-corrected chi connectivity index (χ4v) is 1.74. The molecule has 0 aliphatic heterocycles. The van der Waals surface area contributed by atoms with Crippen molar-refractivity contribution >= 4 is 11.8 Å². The van der Waals surface area contributed by atoms with Crippen molar-refractivity contribution in [1.82, 2.24) is 25.5 Å². The third-order valence-corrected chi connectivity index (χ3v) is 2.81. The minimum absolute atomic E-state index is 0.195.